The molecular weight excluding hydrogens is 399 g/mol. The second kappa shape index (κ2) is 7.75. The summed E-state index contributed by atoms with van der Waals surface area (Å²) in [6.45, 7) is 0. The summed E-state index contributed by atoms with van der Waals surface area (Å²) in [5, 5.41) is 11.6. The van der Waals surface area contributed by atoms with E-state index in [-0.39, 0.29) is 23.5 Å². The van der Waals surface area contributed by atoms with E-state index in [1.165, 1.54) is 12.1 Å². The molecule has 1 aliphatic heterocycles. The van der Waals surface area contributed by atoms with Gasteiger partial charge in [-0.2, -0.15) is 10.2 Å². The molecule has 2 amide bonds. The molecule has 0 bridgehead atoms. The first-order valence-electron chi connectivity index (χ1n) is 10.1. The zero-order valence-electron chi connectivity index (χ0n) is 16.5. The Kier molecular flexibility index (Phi) is 4.78. The normalized spacial score (nSPS) is 15.9. The highest BCUT2D eigenvalue weighted by atomic mass is 19.1. The van der Waals surface area contributed by atoms with Crippen LogP contribution < -0.4 is 10.7 Å². The Balaban J connectivity index is 1.55. The number of halogens is 1. The van der Waals surface area contributed by atoms with Gasteiger partial charge in [0.25, 0.3) is 0 Å². The van der Waals surface area contributed by atoms with Gasteiger partial charge in [0.05, 0.1) is 0 Å². The number of carbonyl (C=O) groups is 2. The molecule has 0 saturated heterocycles. The first-order valence-corrected chi connectivity index (χ1v) is 10.1. The van der Waals surface area contributed by atoms with Gasteiger partial charge in [0.1, 0.15) is 17.3 Å². The van der Waals surface area contributed by atoms with Crippen molar-refractivity contribution in [3.63, 3.8) is 0 Å². The SMILES string of the molecule is O=C1CCC(n2cc(-c3ccnc(NC(=O)C4CC4)c3)c(-c3ccc(F)cc3)n2)=NN1. The number of hydrogen-bond acceptors (Lipinski definition) is 5. The highest BCUT2D eigenvalue weighted by Crippen LogP contribution is 2.33. The Morgan fingerprint density at radius 1 is 1.13 bits per heavy atom. The Labute approximate surface area is 177 Å². The van der Waals surface area contributed by atoms with Gasteiger partial charge in [0.15, 0.2) is 5.84 Å². The minimum Gasteiger partial charge on any atom is -0.310 e. The zero-order valence-corrected chi connectivity index (χ0v) is 16.5. The molecule has 1 fully saturated rings. The maximum absolute atomic E-state index is 13.5. The number of rotatable bonds is 4. The van der Waals surface area contributed by atoms with Crippen molar-refractivity contribution in [3.8, 4) is 22.4 Å². The second-order valence-corrected chi connectivity index (χ2v) is 7.60. The molecule has 3 heterocycles. The number of amides is 2. The number of pyridine rings is 1. The third-order valence-electron chi connectivity index (χ3n) is 5.25. The molecule has 0 unspecified atom stereocenters. The summed E-state index contributed by atoms with van der Waals surface area (Å²) < 4.78 is 15.1. The number of hydrogen-bond donors (Lipinski definition) is 2. The van der Waals surface area contributed by atoms with Crippen LogP contribution in [0.25, 0.3) is 22.4 Å². The van der Waals surface area contributed by atoms with Crippen LogP contribution in [0.3, 0.4) is 0 Å². The van der Waals surface area contributed by atoms with Crippen LogP contribution in [-0.4, -0.2) is 32.4 Å². The average molecular weight is 418 g/mol. The fourth-order valence-corrected chi connectivity index (χ4v) is 3.41. The molecule has 5 rings (SSSR count). The summed E-state index contributed by atoms with van der Waals surface area (Å²) in [7, 11) is 0. The number of nitrogens with one attached hydrogen (secondary N) is 2. The van der Waals surface area contributed by atoms with E-state index in [0.717, 1.165) is 29.5 Å². The summed E-state index contributed by atoms with van der Waals surface area (Å²) in [6.07, 6.45) is 6.04. The minimum atomic E-state index is -0.335. The minimum absolute atomic E-state index is 0.0218. The van der Waals surface area contributed by atoms with Gasteiger partial charge in [-0.05, 0) is 54.8 Å². The molecule has 2 aromatic heterocycles. The molecule has 0 radical (unpaired) electrons. The molecule has 3 aromatic rings. The topological polar surface area (TPSA) is 101 Å². The fraction of sp³-hybridized carbons (Fsp3) is 0.227. The van der Waals surface area contributed by atoms with E-state index >= 15 is 0 Å². The van der Waals surface area contributed by atoms with E-state index in [1.807, 2.05) is 12.3 Å². The first kappa shape index (κ1) is 19.1. The first-order chi connectivity index (χ1) is 15.1. The van der Waals surface area contributed by atoms with Crippen LogP contribution in [0.1, 0.15) is 25.7 Å². The predicted octanol–water partition coefficient (Wildman–Crippen LogP) is 3.17. The van der Waals surface area contributed by atoms with Crippen molar-refractivity contribution >= 4 is 23.5 Å². The van der Waals surface area contributed by atoms with Crippen molar-refractivity contribution < 1.29 is 14.0 Å². The van der Waals surface area contributed by atoms with E-state index < -0.39 is 0 Å². The molecule has 1 aromatic carbocycles. The maximum Gasteiger partial charge on any atom is 0.240 e. The number of aromatic nitrogens is 3. The molecule has 1 saturated carbocycles. The lowest BCUT2D eigenvalue weighted by Gasteiger charge is -2.11. The lowest BCUT2D eigenvalue weighted by Crippen LogP contribution is -2.29. The lowest BCUT2D eigenvalue weighted by molar-refractivity contribution is -0.121. The summed E-state index contributed by atoms with van der Waals surface area (Å²) >= 11 is 0. The number of benzene rings is 1. The monoisotopic (exact) mass is 418 g/mol. The lowest BCUT2D eigenvalue weighted by atomic mass is 10.0. The van der Waals surface area contributed by atoms with Crippen LogP contribution in [-0.2, 0) is 9.59 Å². The highest BCUT2D eigenvalue weighted by molar-refractivity contribution is 5.95. The van der Waals surface area contributed by atoms with Gasteiger partial charge in [-0.3, -0.25) is 9.59 Å². The molecule has 0 spiro atoms. The third kappa shape index (κ3) is 4.07. The third-order valence-corrected chi connectivity index (χ3v) is 5.25. The summed E-state index contributed by atoms with van der Waals surface area (Å²) in [6, 6.07) is 9.69. The quantitative estimate of drug-likeness (QED) is 0.680. The highest BCUT2D eigenvalue weighted by Gasteiger charge is 2.30. The average Bonchev–Trinajstić information content (AvgIpc) is 3.54. The van der Waals surface area contributed by atoms with Gasteiger partial charge in [-0.1, -0.05) is 0 Å². The summed E-state index contributed by atoms with van der Waals surface area (Å²) in [4.78, 5) is 27.8. The molecule has 8 nitrogen and oxygen atoms in total. The van der Waals surface area contributed by atoms with E-state index in [9.17, 15) is 14.0 Å². The zero-order chi connectivity index (χ0) is 21.4. The maximum atomic E-state index is 13.5. The van der Waals surface area contributed by atoms with Gasteiger partial charge in [0, 0.05) is 42.3 Å². The van der Waals surface area contributed by atoms with Crippen molar-refractivity contribution in [2.24, 2.45) is 11.0 Å². The van der Waals surface area contributed by atoms with E-state index in [1.54, 1.807) is 29.1 Å². The summed E-state index contributed by atoms with van der Waals surface area (Å²) in [5.41, 5.74) is 5.41. The molecule has 2 N–H and O–H groups in total. The molecule has 0 atom stereocenters. The largest absolute Gasteiger partial charge is 0.310 e. The number of anilines is 1. The van der Waals surface area contributed by atoms with Gasteiger partial charge in [-0.15, -0.1) is 0 Å². The van der Waals surface area contributed by atoms with Crippen molar-refractivity contribution in [1.29, 1.82) is 0 Å². The number of carbonyl (C=O) groups excluding carboxylic acids is 2. The Hall–Kier alpha value is -3.88. The van der Waals surface area contributed by atoms with Crippen LogP contribution >= 0.6 is 0 Å². The van der Waals surface area contributed by atoms with Crippen LogP contribution in [0, 0.1) is 11.7 Å². The molecule has 1 aliphatic carbocycles. The van der Waals surface area contributed by atoms with Crippen molar-refractivity contribution in [1.82, 2.24) is 20.2 Å². The van der Waals surface area contributed by atoms with Crippen molar-refractivity contribution in [2.45, 2.75) is 25.7 Å². The van der Waals surface area contributed by atoms with E-state index in [2.05, 4.69) is 25.9 Å². The van der Waals surface area contributed by atoms with E-state index in [0.29, 0.717) is 30.2 Å². The molecule has 156 valence electrons. The van der Waals surface area contributed by atoms with E-state index in [4.69, 9.17) is 0 Å². The van der Waals surface area contributed by atoms with Gasteiger partial charge < -0.3 is 5.32 Å². The molecule has 31 heavy (non-hydrogen) atoms. The molecule has 9 heteroatoms. The second-order valence-electron chi connectivity index (χ2n) is 7.60. The van der Waals surface area contributed by atoms with Gasteiger partial charge >= 0.3 is 0 Å². The predicted molar refractivity (Wildman–Crippen MR) is 112 cm³/mol. The molecule has 2 aliphatic rings. The Morgan fingerprint density at radius 3 is 2.65 bits per heavy atom. The van der Waals surface area contributed by atoms with Crippen LogP contribution in [0.5, 0.6) is 0 Å². The fourth-order valence-electron chi connectivity index (χ4n) is 3.41. The summed E-state index contributed by atoms with van der Waals surface area (Å²) in [5.74, 6) is 0.645. The van der Waals surface area contributed by atoms with Crippen molar-refractivity contribution in [2.75, 3.05) is 5.32 Å². The van der Waals surface area contributed by atoms with Crippen LogP contribution in [0.2, 0.25) is 0 Å². The van der Waals surface area contributed by atoms with Crippen LogP contribution in [0.4, 0.5) is 10.2 Å². The van der Waals surface area contributed by atoms with Crippen molar-refractivity contribution in [3.05, 3.63) is 54.6 Å². The number of nitrogens with zero attached hydrogens (tertiary/aromatic N) is 4. The number of hydrazone groups is 1. The smallest absolute Gasteiger partial charge is 0.240 e. The Morgan fingerprint density at radius 2 is 1.94 bits per heavy atom. The molecular formula is C22H19FN6O2. The van der Waals surface area contributed by atoms with Gasteiger partial charge in [-0.25, -0.2) is 19.5 Å². The Bertz CT molecular complexity index is 1200. The van der Waals surface area contributed by atoms with Crippen LogP contribution in [0.15, 0.2) is 53.9 Å². The standard InChI is InChI=1S/C22H19FN6O2/c23-16-5-3-13(4-6-16)21-17(12-29(28-21)19-7-8-20(30)27-26-19)15-9-10-24-18(11-15)25-22(31)14-1-2-14/h3-6,9-12,14H,1-2,7-8H2,(H,27,30)(H,24,25,31). The van der Waals surface area contributed by atoms with Gasteiger partial charge in [0.2, 0.25) is 11.8 Å².